The highest BCUT2D eigenvalue weighted by Crippen LogP contribution is 2.20. The number of carbonyl (C=O) groups is 2. The summed E-state index contributed by atoms with van der Waals surface area (Å²) in [5.41, 5.74) is 1.31. The minimum absolute atomic E-state index is 0.0360. The summed E-state index contributed by atoms with van der Waals surface area (Å²) in [6, 6.07) is 10.5. The molecule has 0 radical (unpaired) electrons. The highest BCUT2D eigenvalue weighted by atomic mass is 16.2. The lowest BCUT2D eigenvalue weighted by atomic mass is 9.95. The number of piperidine rings is 1. The van der Waals surface area contributed by atoms with E-state index in [9.17, 15) is 9.59 Å². The van der Waals surface area contributed by atoms with E-state index in [0.29, 0.717) is 0 Å². The Balaban J connectivity index is 1.76. The topological polar surface area (TPSA) is 52.7 Å². The van der Waals surface area contributed by atoms with Crippen molar-refractivity contribution in [3.05, 3.63) is 35.9 Å². The maximum atomic E-state index is 12.5. The normalized spacial score (nSPS) is 16.2. The lowest BCUT2D eigenvalue weighted by molar-refractivity contribution is -0.139. The van der Waals surface area contributed by atoms with E-state index >= 15 is 0 Å². The van der Waals surface area contributed by atoms with Gasteiger partial charge in [0.1, 0.15) is 0 Å². The highest BCUT2D eigenvalue weighted by molar-refractivity contribution is 5.85. The van der Waals surface area contributed by atoms with Crippen LogP contribution in [0.1, 0.15) is 32.3 Å². The quantitative estimate of drug-likeness (QED) is 0.866. The van der Waals surface area contributed by atoms with E-state index in [0.717, 1.165) is 32.5 Å². The van der Waals surface area contributed by atoms with Gasteiger partial charge >= 0.3 is 0 Å². The number of benzene rings is 1. The molecule has 1 fully saturated rings. The number of hydrogen-bond acceptors (Lipinski definition) is 3. The van der Waals surface area contributed by atoms with Crippen LogP contribution in [0.4, 0.5) is 0 Å². The van der Waals surface area contributed by atoms with Crippen LogP contribution in [0.25, 0.3) is 0 Å². The maximum Gasteiger partial charge on any atom is 0.239 e. The minimum atomic E-state index is -0.0950. The van der Waals surface area contributed by atoms with Gasteiger partial charge in [-0.1, -0.05) is 30.3 Å². The first-order valence-electron chi connectivity index (χ1n) is 8.76. The molecule has 1 aromatic rings. The molecule has 0 aliphatic carbocycles. The SMILES string of the molecule is CC(C)NC(=O)CN(C)C(=O)C1CCN(Cc2ccccc2)CC1. The molecule has 0 saturated carbocycles. The molecular weight excluding hydrogens is 302 g/mol. The molecule has 2 amide bonds. The van der Waals surface area contributed by atoms with Gasteiger partial charge in [-0.25, -0.2) is 0 Å². The molecule has 1 saturated heterocycles. The van der Waals surface area contributed by atoms with Crippen molar-refractivity contribution in [2.24, 2.45) is 5.92 Å². The zero-order valence-corrected chi connectivity index (χ0v) is 15.0. The third-order valence-electron chi connectivity index (χ3n) is 4.39. The predicted octanol–water partition coefficient (Wildman–Crippen LogP) is 1.88. The van der Waals surface area contributed by atoms with Gasteiger partial charge in [-0.05, 0) is 45.3 Å². The van der Waals surface area contributed by atoms with Gasteiger partial charge in [0.25, 0.3) is 0 Å². The van der Waals surface area contributed by atoms with E-state index in [1.54, 1.807) is 11.9 Å². The first-order chi connectivity index (χ1) is 11.5. The summed E-state index contributed by atoms with van der Waals surface area (Å²) in [7, 11) is 1.72. The number of rotatable bonds is 6. The summed E-state index contributed by atoms with van der Waals surface area (Å²) in [4.78, 5) is 28.3. The Bertz CT molecular complexity index is 537. The largest absolute Gasteiger partial charge is 0.352 e. The van der Waals surface area contributed by atoms with E-state index in [1.165, 1.54) is 5.56 Å². The van der Waals surface area contributed by atoms with Crippen LogP contribution in [-0.4, -0.2) is 54.3 Å². The lowest BCUT2D eigenvalue weighted by Gasteiger charge is -2.33. The Morgan fingerprint density at radius 1 is 1.21 bits per heavy atom. The van der Waals surface area contributed by atoms with Crippen LogP contribution in [0.5, 0.6) is 0 Å². The summed E-state index contributed by atoms with van der Waals surface area (Å²) < 4.78 is 0. The van der Waals surface area contributed by atoms with Crippen LogP contribution < -0.4 is 5.32 Å². The van der Waals surface area contributed by atoms with Crippen LogP contribution in [0, 0.1) is 5.92 Å². The van der Waals surface area contributed by atoms with Gasteiger partial charge in [-0.15, -0.1) is 0 Å². The van der Waals surface area contributed by atoms with Crippen molar-refractivity contribution < 1.29 is 9.59 Å². The second-order valence-electron chi connectivity index (χ2n) is 6.95. The summed E-state index contributed by atoms with van der Waals surface area (Å²) in [5.74, 6) is 0.0319. The van der Waals surface area contributed by atoms with Gasteiger partial charge in [-0.2, -0.15) is 0 Å². The van der Waals surface area contributed by atoms with Crippen molar-refractivity contribution in [3.8, 4) is 0 Å². The molecule has 0 unspecified atom stereocenters. The number of amides is 2. The number of nitrogens with zero attached hydrogens (tertiary/aromatic N) is 2. The number of hydrogen-bond donors (Lipinski definition) is 1. The first-order valence-corrected chi connectivity index (χ1v) is 8.76. The molecule has 24 heavy (non-hydrogen) atoms. The van der Waals surface area contributed by atoms with E-state index in [1.807, 2.05) is 19.9 Å². The molecule has 1 aliphatic rings. The molecule has 1 heterocycles. The number of likely N-dealkylation sites (tertiary alicyclic amines) is 1. The average Bonchev–Trinajstić information content (AvgIpc) is 2.55. The molecule has 0 bridgehead atoms. The third-order valence-corrected chi connectivity index (χ3v) is 4.39. The Morgan fingerprint density at radius 3 is 2.42 bits per heavy atom. The van der Waals surface area contributed by atoms with E-state index in [-0.39, 0.29) is 30.3 Å². The fourth-order valence-electron chi connectivity index (χ4n) is 3.15. The molecule has 5 nitrogen and oxygen atoms in total. The fourth-order valence-corrected chi connectivity index (χ4v) is 3.15. The van der Waals surface area contributed by atoms with Crippen molar-refractivity contribution in [1.29, 1.82) is 0 Å². The lowest BCUT2D eigenvalue weighted by Crippen LogP contribution is -2.45. The van der Waals surface area contributed by atoms with E-state index in [4.69, 9.17) is 0 Å². The van der Waals surface area contributed by atoms with Gasteiger partial charge < -0.3 is 10.2 Å². The van der Waals surface area contributed by atoms with Crippen LogP contribution in [0.2, 0.25) is 0 Å². The number of carbonyl (C=O) groups excluding carboxylic acids is 2. The van der Waals surface area contributed by atoms with Crippen molar-refractivity contribution in [2.45, 2.75) is 39.3 Å². The van der Waals surface area contributed by atoms with Crippen molar-refractivity contribution in [3.63, 3.8) is 0 Å². The second-order valence-corrected chi connectivity index (χ2v) is 6.95. The van der Waals surface area contributed by atoms with Crippen LogP contribution in [0.15, 0.2) is 30.3 Å². The molecule has 0 aromatic heterocycles. The number of likely N-dealkylation sites (N-methyl/N-ethyl adjacent to an activating group) is 1. The molecule has 1 aromatic carbocycles. The zero-order chi connectivity index (χ0) is 17.5. The van der Waals surface area contributed by atoms with Gasteiger partial charge in [0.2, 0.25) is 11.8 Å². The zero-order valence-electron chi connectivity index (χ0n) is 15.0. The van der Waals surface area contributed by atoms with Crippen molar-refractivity contribution in [2.75, 3.05) is 26.7 Å². The molecule has 1 aliphatic heterocycles. The van der Waals surface area contributed by atoms with E-state index < -0.39 is 0 Å². The monoisotopic (exact) mass is 331 g/mol. The fraction of sp³-hybridized carbons (Fsp3) is 0.579. The summed E-state index contributed by atoms with van der Waals surface area (Å²) in [6.07, 6.45) is 1.73. The summed E-state index contributed by atoms with van der Waals surface area (Å²) in [6.45, 7) is 6.77. The summed E-state index contributed by atoms with van der Waals surface area (Å²) in [5, 5.41) is 2.82. The van der Waals surface area contributed by atoms with Gasteiger partial charge in [0.05, 0.1) is 6.54 Å². The van der Waals surface area contributed by atoms with Crippen molar-refractivity contribution in [1.82, 2.24) is 15.1 Å². The molecule has 5 heteroatoms. The standard InChI is InChI=1S/C19H29N3O2/c1-15(2)20-18(23)14-21(3)19(24)17-9-11-22(12-10-17)13-16-7-5-4-6-8-16/h4-8,15,17H,9-14H2,1-3H3,(H,20,23). The predicted molar refractivity (Wildman–Crippen MR) is 95.4 cm³/mol. The van der Waals surface area contributed by atoms with Gasteiger partial charge in [0, 0.05) is 25.6 Å². The Labute approximate surface area is 145 Å². The maximum absolute atomic E-state index is 12.5. The second kappa shape index (κ2) is 8.83. The average molecular weight is 331 g/mol. The number of nitrogens with one attached hydrogen (secondary N) is 1. The first kappa shape index (κ1) is 18.5. The molecule has 2 rings (SSSR count). The minimum Gasteiger partial charge on any atom is -0.352 e. The third kappa shape index (κ3) is 5.64. The molecule has 132 valence electrons. The van der Waals surface area contributed by atoms with Crippen LogP contribution >= 0.6 is 0 Å². The molecular formula is C19H29N3O2. The van der Waals surface area contributed by atoms with Crippen LogP contribution in [0.3, 0.4) is 0 Å². The van der Waals surface area contributed by atoms with Gasteiger partial charge in [0.15, 0.2) is 0 Å². The summed E-state index contributed by atoms with van der Waals surface area (Å²) >= 11 is 0. The van der Waals surface area contributed by atoms with Crippen molar-refractivity contribution >= 4 is 11.8 Å². The Kier molecular flexibility index (Phi) is 6.79. The molecule has 1 N–H and O–H groups in total. The molecule has 0 atom stereocenters. The Hall–Kier alpha value is -1.88. The van der Waals surface area contributed by atoms with Crippen LogP contribution in [-0.2, 0) is 16.1 Å². The Morgan fingerprint density at radius 2 is 1.83 bits per heavy atom. The highest BCUT2D eigenvalue weighted by Gasteiger charge is 2.27. The molecule has 0 spiro atoms. The van der Waals surface area contributed by atoms with E-state index in [2.05, 4.69) is 34.5 Å². The van der Waals surface area contributed by atoms with Gasteiger partial charge in [-0.3, -0.25) is 14.5 Å². The smallest absolute Gasteiger partial charge is 0.239 e.